The van der Waals surface area contributed by atoms with E-state index in [-0.39, 0.29) is 24.7 Å². The summed E-state index contributed by atoms with van der Waals surface area (Å²) in [6, 6.07) is 0. The zero-order valence-electron chi connectivity index (χ0n) is 11.6. The van der Waals surface area contributed by atoms with Gasteiger partial charge in [-0.05, 0) is 19.3 Å². The molecule has 0 aliphatic carbocycles. The molecule has 7 nitrogen and oxygen atoms in total. The Kier molecular flexibility index (Phi) is 9.42. The van der Waals surface area contributed by atoms with Gasteiger partial charge in [-0.25, -0.2) is 0 Å². The molecule has 0 aliphatic heterocycles. The fraction of sp³-hybridized carbons (Fsp3) is 0.750. The molecule has 0 aromatic carbocycles. The summed E-state index contributed by atoms with van der Waals surface area (Å²) in [5.41, 5.74) is 0. The van der Waals surface area contributed by atoms with Crippen LogP contribution in [0.3, 0.4) is 0 Å². The molecule has 7 heteroatoms. The van der Waals surface area contributed by atoms with Gasteiger partial charge in [0.15, 0.2) is 0 Å². The van der Waals surface area contributed by atoms with Crippen molar-refractivity contribution in [1.82, 2.24) is 5.39 Å². The molecule has 0 spiro atoms. The quantitative estimate of drug-likeness (QED) is 0.595. The average molecular weight is 275 g/mol. The van der Waals surface area contributed by atoms with Crippen LogP contribution >= 0.6 is 0 Å². The third-order valence-electron chi connectivity index (χ3n) is 1.89. The normalized spacial score (nSPS) is 10.1. The minimum atomic E-state index is -0.643. The van der Waals surface area contributed by atoms with Gasteiger partial charge < -0.3 is 14.5 Å². The molecule has 0 fully saturated rings. The van der Waals surface area contributed by atoms with E-state index in [0.717, 1.165) is 0 Å². The fourth-order valence-electron chi connectivity index (χ4n) is 1.05. The Morgan fingerprint density at radius 2 is 0.947 bits per heavy atom. The van der Waals surface area contributed by atoms with Crippen molar-refractivity contribution in [1.29, 1.82) is 0 Å². The third kappa shape index (κ3) is 9.01. The molecule has 0 aliphatic rings. The standard InChI is InChI=1S/C12H21NO6/c1-4-7-10(14)17-13(18-11(15)8-5-2)19-12(16)9-6-3/h4-9H2,1-3H3. The van der Waals surface area contributed by atoms with Crippen molar-refractivity contribution in [2.75, 3.05) is 0 Å². The van der Waals surface area contributed by atoms with Crippen LogP contribution < -0.4 is 0 Å². The summed E-state index contributed by atoms with van der Waals surface area (Å²) in [5, 5.41) is 0.202. The van der Waals surface area contributed by atoms with Crippen LogP contribution in [0.4, 0.5) is 0 Å². The summed E-state index contributed by atoms with van der Waals surface area (Å²) >= 11 is 0. The molecule has 0 aromatic rings. The maximum absolute atomic E-state index is 11.3. The molecule has 19 heavy (non-hydrogen) atoms. The highest BCUT2D eigenvalue weighted by atomic mass is 17.2. The monoisotopic (exact) mass is 275 g/mol. The predicted molar refractivity (Wildman–Crippen MR) is 64.8 cm³/mol. The summed E-state index contributed by atoms with van der Waals surface area (Å²) in [5.74, 6) is -1.93. The summed E-state index contributed by atoms with van der Waals surface area (Å²) in [4.78, 5) is 47.8. The molecule has 0 heterocycles. The number of carbonyl (C=O) groups excluding carboxylic acids is 3. The predicted octanol–water partition coefficient (Wildman–Crippen LogP) is 2.06. The Morgan fingerprint density at radius 3 is 1.16 bits per heavy atom. The van der Waals surface area contributed by atoms with Gasteiger partial charge in [0, 0.05) is 19.3 Å². The lowest BCUT2D eigenvalue weighted by Gasteiger charge is -2.16. The topological polar surface area (TPSA) is 82.1 Å². The van der Waals surface area contributed by atoms with E-state index in [4.69, 9.17) is 0 Å². The molecule has 0 saturated carbocycles. The number of nitrogens with zero attached hydrogens (tertiary/aromatic N) is 1. The largest absolute Gasteiger partial charge is 0.332 e. The second kappa shape index (κ2) is 10.3. The number of rotatable bonds is 9. The Bertz CT molecular complexity index is 257. The first-order valence-corrected chi connectivity index (χ1v) is 6.45. The van der Waals surface area contributed by atoms with Crippen LogP contribution in [0.15, 0.2) is 0 Å². The zero-order chi connectivity index (χ0) is 14.7. The Hall–Kier alpha value is -1.63. The first kappa shape index (κ1) is 17.4. The van der Waals surface area contributed by atoms with Gasteiger partial charge in [-0.1, -0.05) is 20.8 Å². The van der Waals surface area contributed by atoms with Gasteiger partial charge in [0.1, 0.15) is 0 Å². The Morgan fingerprint density at radius 1 is 0.684 bits per heavy atom. The van der Waals surface area contributed by atoms with Crippen molar-refractivity contribution in [2.24, 2.45) is 0 Å². The van der Waals surface area contributed by atoms with E-state index in [1.165, 1.54) is 0 Å². The summed E-state index contributed by atoms with van der Waals surface area (Å²) in [6.07, 6.45) is 2.10. The molecule has 0 aromatic heterocycles. The minimum absolute atomic E-state index is 0.132. The maximum Gasteiger partial charge on any atom is 0.332 e. The highest BCUT2D eigenvalue weighted by Gasteiger charge is 2.21. The van der Waals surface area contributed by atoms with Gasteiger partial charge in [-0.2, -0.15) is 0 Å². The zero-order valence-corrected chi connectivity index (χ0v) is 11.6. The van der Waals surface area contributed by atoms with E-state index < -0.39 is 17.9 Å². The second-order valence-corrected chi connectivity index (χ2v) is 3.86. The molecular formula is C12H21NO6. The van der Waals surface area contributed by atoms with Crippen LogP contribution in [0.1, 0.15) is 59.3 Å². The van der Waals surface area contributed by atoms with E-state index in [1.54, 1.807) is 20.8 Å². The van der Waals surface area contributed by atoms with Crippen molar-refractivity contribution in [2.45, 2.75) is 59.3 Å². The molecule has 0 bridgehead atoms. The Labute approximate surface area is 112 Å². The highest BCUT2D eigenvalue weighted by Crippen LogP contribution is 2.04. The molecule has 0 radical (unpaired) electrons. The maximum atomic E-state index is 11.3. The minimum Gasteiger partial charge on any atom is -0.300 e. The van der Waals surface area contributed by atoms with Crippen LogP contribution in [0, 0.1) is 0 Å². The summed E-state index contributed by atoms with van der Waals surface area (Å²) in [6.45, 7) is 5.37. The van der Waals surface area contributed by atoms with E-state index >= 15 is 0 Å². The smallest absolute Gasteiger partial charge is 0.300 e. The van der Waals surface area contributed by atoms with Crippen molar-refractivity contribution >= 4 is 17.9 Å². The lowest BCUT2D eigenvalue weighted by atomic mass is 10.3. The van der Waals surface area contributed by atoms with Gasteiger partial charge >= 0.3 is 17.9 Å². The van der Waals surface area contributed by atoms with E-state index in [1.807, 2.05) is 0 Å². The number of hydrogen-bond acceptors (Lipinski definition) is 7. The molecule has 110 valence electrons. The molecule has 0 unspecified atom stereocenters. The van der Waals surface area contributed by atoms with Crippen LogP contribution in [-0.4, -0.2) is 23.3 Å². The Balaban J connectivity index is 4.40. The SMILES string of the molecule is CCCC(=O)ON(OC(=O)CCC)OC(=O)CCC. The molecule has 0 N–H and O–H groups in total. The van der Waals surface area contributed by atoms with Gasteiger partial charge in [-0.15, -0.1) is 0 Å². The van der Waals surface area contributed by atoms with Crippen LogP contribution in [0.2, 0.25) is 0 Å². The van der Waals surface area contributed by atoms with E-state index in [9.17, 15) is 14.4 Å². The lowest BCUT2D eigenvalue weighted by Crippen LogP contribution is -2.32. The second-order valence-electron chi connectivity index (χ2n) is 3.86. The van der Waals surface area contributed by atoms with Crippen molar-refractivity contribution < 1.29 is 28.9 Å². The highest BCUT2D eigenvalue weighted by molar-refractivity contribution is 5.71. The van der Waals surface area contributed by atoms with Crippen LogP contribution in [0.5, 0.6) is 0 Å². The van der Waals surface area contributed by atoms with Crippen molar-refractivity contribution in [3.05, 3.63) is 0 Å². The van der Waals surface area contributed by atoms with Crippen molar-refractivity contribution in [3.8, 4) is 0 Å². The number of hydrogen-bond donors (Lipinski definition) is 0. The molecule has 0 saturated heterocycles. The lowest BCUT2D eigenvalue weighted by molar-refractivity contribution is -0.464. The number of carbonyl (C=O) groups is 3. The first-order valence-electron chi connectivity index (χ1n) is 6.45. The van der Waals surface area contributed by atoms with Gasteiger partial charge in [0.05, 0.1) is 0 Å². The summed E-state index contributed by atoms with van der Waals surface area (Å²) in [7, 11) is 0. The van der Waals surface area contributed by atoms with Crippen molar-refractivity contribution in [3.63, 3.8) is 0 Å². The van der Waals surface area contributed by atoms with Gasteiger partial charge in [0.2, 0.25) is 5.39 Å². The van der Waals surface area contributed by atoms with Gasteiger partial charge in [-0.3, -0.25) is 14.4 Å². The average Bonchev–Trinajstić information content (AvgIpc) is 2.29. The van der Waals surface area contributed by atoms with Crippen LogP contribution in [0.25, 0.3) is 0 Å². The fourth-order valence-corrected chi connectivity index (χ4v) is 1.05. The molecule has 0 rings (SSSR count). The summed E-state index contributed by atoms with van der Waals surface area (Å²) < 4.78 is 0. The third-order valence-corrected chi connectivity index (χ3v) is 1.89. The molecule has 0 amide bonds. The molecular weight excluding hydrogens is 254 g/mol. The molecule has 0 atom stereocenters. The van der Waals surface area contributed by atoms with Gasteiger partial charge in [0.25, 0.3) is 0 Å². The van der Waals surface area contributed by atoms with E-state index in [0.29, 0.717) is 19.3 Å². The van der Waals surface area contributed by atoms with E-state index in [2.05, 4.69) is 14.5 Å². The first-order chi connectivity index (χ1) is 9.03. The van der Waals surface area contributed by atoms with Crippen LogP contribution in [-0.2, 0) is 28.9 Å².